The number of H-pyrrole nitrogens is 1. The second kappa shape index (κ2) is 13.9. The van der Waals surface area contributed by atoms with Crippen molar-refractivity contribution in [1.29, 1.82) is 0 Å². The summed E-state index contributed by atoms with van der Waals surface area (Å²) in [5.41, 5.74) is 0.359. The van der Waals surface area contributed by atoms with Crippen molar-refractivity contribution in [2.24, 2.45) is 7.05 Å². The Labute approximate surface area is 288 Å². The summed E-state index contributed by atoms with van der Waals surface area (Å²) in [7, 11) is -2.74. The molecule has 0 saturated heterocycles. The molecule has 0 aliphatic heterocycles. The first-order chi connectivity index (χ1) is 24.3. The molecule has 15 nitrogen and oxygen atoms in total. The van der Waals surface area contributed by atoms with Gasteiger partial charge < -0.3 is 15.0 Å². The van der Waals surface area contributed by atoms with Gasteiger partial charge in [0.15, 0.2) is 22.0 Å². The molecule has 2 aromatic carbocycles. The maximum Gasteiger partial charge on any atom is 0.329 e. The normalized spacial score (nSPS) is 12.2. The fourth-order valence-corrected chi connectivity index (χ4v) is 6.21. The second-order valence-electron chi connectivity index (χ2n) is 11.5. The molecule has 0 aliphatic carbocycles. The Morgan fingerprint density at radius 2 is 1.67 bits per heavy atom. The van der Waals surface area contributed by atoms with E-state index in [1.165, 1.54) is 41.7 Å². The monoisotopic (exact) mass is 717 g/mol. The Bertz CT molecular complexity index is 2390. The molecule has 0 saturated carbocycles. The van der Waals surface area contributed by atoms with Crippen LogP contribution in [0.2, 0.25) is 0 Å². The van der Waals surface area contributed by atoms with E-state index in [9.17, 15) is 22.8 Å². The van der Waals surface area contributed by atoms with E-state index in [-0.39, 0.29) is 12.0 Å². The minimum Gasteiger partial charge on any atom is -0.461 e. The van der Waals surface area contributed by atoms with Gasteiger partial charge in [0.25, 0.3) is 21.5 Å². The van der Waals surface area contributed by atoms with Gasteiger partial charge in [-0.25, -0.2) is 38.2 Å². The van der Waals surface area contributed by atoms with Crippen LogP contribution in [-0.2, 0) is 33.0 Å². The highest BCUT2D eigenvalue weighted by molar-refractivity contribution is 7.92. The van der Waals surface area contributed by atoms with Crippen molar-refractivity contribution in [2.45, 2.75) is 37.4 Å². The number of hydrogen-bond acceptors (Lipinski definition) is 10. The van der Waals surface area contributed by atoms with E-state index < -0.39 is 62.0 Å². The van der Waals surface area contributed by atoms with Crippen LogP contribution >= 0.6 is 0 Å². The molecular formula is C33H29F2N9O6S. The molecule has 6 rings (SSSR count). The van der Waals surface area contributed by atoms with Gasteiger partial charge in [-0.05, 0) is 61.9 Å². The third-order valence-electron chi connectivity index (χ3n) is 7.55. The number of aryl methyl sites for hydroxylation is 1. The molecule has 4 heterocycles. The topological polar surface area (TPSA) is 196 Å². The first kappa shape index (κ1) is 34.6. The van der Waals surface area contributed by atoms with E-state index in [1.54, 1.807) is 55.9 Å². The number of amides is 1. The number of fused-ring (bicyclic) bond motifs is 1. The summed E-state index contributed by atoms with van der Waals surface area (Å²) in [6.07, 6.45) is 4.96. The molecule has 0 bridgehead atoms. The van der Waals surface area contributed by atoms with Crippen molar-refractivity contribution in [1.82, 2.24) is 39.6 Å². The number of halogens is 2. The zero-order valence-electron chi connectivity index (χ0n) is 27.2. The van der Waals surface area contributed by atoms with Crippen molar-refractivity contribution in [3.8, 4) is 17.1 Å². The van der Waals surface area contributed by atoms with Crippen LogP contribution in [0.5, 0.6) is 0 Å². The molecule has 1 atom stereocenters. The predicted molar refractivity (Wildman–Crippen MR) is 179 cm³/mol. The molecule has 6 aromatic rings. The third kappa shape index (κ3) is 7.20. The number of sulfonamides is 1. The summed E-state index contributed by atoms with van der Waals surface area (Å²) < 4.78 is 66.7. The first-order valence-corrected chi connectivity index (χ1v) is 16.8. The number of aromatic amines is 1. The number of carbonyl (C=O) groups excluding carboxylic acids is 2. The number of rotatable bonds is 11. The number of esters is 1. The van der Waals surface area contributed by atoms with E-state index in [2.05, 4.69) is 30.2 Å². The number of nitrogens with zero attached hydrogens (tertiary/aromatic N) is 6. The molecular weight excluding hydrogens is 688 g/mol. The number of anilines is 1. The summed E-state index contributed by atoms with van der Waals surface area (Å²) in [5.74, 6) is -4.61. The van der Waals surface area contributed by atoms with Gasteiger partial charge in [0.2, 0.25) is 0 Å². The van der Waals surface area contributed by atoms with Gasteiger partial charge in [-0.15, -0.1) is 0 Å². The average molecular weight is 718 g/mol. The Morgan fingerprint density at radius 1 is 0.980 bits per heavy atom. The summed E-state index contributed by atoms with van der Waals surface area (Å²) in [6, 6.07) is 10.6. The van der Waals surface area contributed by atoms with Gasteiger partial charge in [0, 0.05) is 37.6 Å². The van der Waals surface area contributed by atoms with Crippen LogP contribution in [0.3, 0.4) is 0 Å². The van der Waals surface area contributed by atoms with Crippen LogP contribution in [0.4, 0.5) is 14.5 Å². The van der Waals surface area contributed by atoms with Crippen LogP contribution in [0, 0.1) is 11.6 Å². The Kier molecular flexibility index (Phi) is 9.42. The van der Waals surface area contributed by atoms with Crippen LogP contribution in [-0.4, -0.2) is 66.7 Å². The summed E-state index contributed by atoms with van der Waals surface area (Å²) in [6.45, 7) is 3.19. The van der Waals surface area contributed by atoms with Gasteiger partial charge in [-0.1, -0.05) is 12.1 Å². The number of imidazole rings is 1. The number of nitrogens with one attached hydrogen (secondary N) is 3. The van der Waals surface area contributed by atoms with Crippen molar-refractivity contribution in [3.63, 3.8) is 0 Å². The highest BCUT2D eigenvalue weighted by Crippen LogP contribution is 2.23. The van der Waals surface area contributed by atoms with Crippen LogP contribution in [0.1, 0.15) is 29.8 Å². The molecule has 262 valence electrons. The van der Waals surface area contributed by atoms with E-state index >= 15 is 8.78 Å². The lowest BCUT2D eigenvalue weighted by atomic mass is 10.0. The van der Waals surface area contributed by atoms with Crippen molar-refractivity contribution in [2.75, 3.05) is 4.72 Å². The molecule has 51 heavy (non-hydrogen) atoms. The molecule has 3 N–H and O–H groups in total. The fourth-order valence-electron chi connectivity index (χ4n) is 5.24. The maximum atomic E-state index is 15.3. The van der Waals surface area contributed by atoms with Gasteiger partial charge in [0.1, 0.15) is 23.2 Å². The van der Waals surface area contributed by atoms with Crippen molar-refractivity contribution >= 4 is 38.8 Å². The number of pyridine rings is 1. The van der Waals surface area contributed by atoms with Gasteiger partial charge in [0.05, 0.1) is 23.8 Å². The molecule has 0 fully saturated rings. The van der Waals surface area contributed by atoms with E-state index in [0.717, 1.165) is 0 Å². The minimum absolute atomic E-state index is 0.134. The van der Waals surface area contributed by atoms with Crippen LogP contribution in [0.15, 0.2) is 89.3 Å². The first-order valence-electron chi connectivity index (χ1n) is 15.3. The predicted octanol–water partition coefficient (Wildman–Crippen LogP) is 3.28. The van der Waals surface area contributed by atoms with E-state index in [4.69, 9.17) is 4.74 Å². The number of aromatic nitrogens is 7. The van der Waals surface area contributed by atoms with Gasteiger partial charge in [-0.3, -0.25) is 19.0 Å². The lowest BCUT2D eigenvalue weighted by Gasteiger charge is -2.20. The molecule has 0 unspecified atom stereocenters. The maximum absolute atomic E-state index is 15.3. The highest BCUT2D eigenvalue weighted by atomic mass is 32.2. The number of benzene rings is 2. The van der Waals surface area contributed by atoms with Gasteiger partial charge >= 0.3 is 5.97 Å². The Balaban J connectivity index is 1.19. The van der Waals surface area contributed by atoms with Crippen LogP contribution in [0.25, 0.3) is 28.2 Å². The third-order valence-corrected chi connectivity index (χ3v) is 8.85. The standard InChI is InChI=1S/C33H29F2N9O6S/c1-18(2)50-33(47)25(13-19-5-8-22(9-6-19)44-32(46)28-30(43(44)3)40-17-39-28)41-31(45)27-23(34)14-21(15-24(27)35)42-51(48,49)26-10-7-20(16-38-26)29-36-11-4-12-37-29/h4-12,14-18,25,42H,13H2,1-3H3,(H,39,40)(H,41,45)/t25-/m0/s1. The zero-order chi connectivity index (χ0) is 36.4. The molecule has 4 aromatic heterocycles. The number of ether oxygens (including phenoxy) is 1. The average Bonchev–Trinajstić information content (AvgIpc) is 3.67. The summed E-state index contributed by atoms with van der Waals surface area (Å²) >= 11 is 0. The molecule has 18 heteroatoms. The summed E-state index contributed by atoms with van der Waals surface area (Å²) in [4.78, 5) is 58.0. The largest absolute Gasteiger partial charge is 0.461 e. The molecule has 0 spiro atoms. The second-order valence-corrected chi connectivity index (χ2v) is 13.1. The van der Waals surface area contributed by atoms with Gasteiger partial charge in [-0.2, -0.15) is 8.42 Å². The Morgan fingerprint density at radius 3 is 2.27 bits per heavy atom. The lowest BCUT2D eigenvalue weighted by molar-refractivity contribution is -0.149. The molecule has 1 amide bonds. The molecule has 0 aliphatic rings. The lowest BCUT2D eigenvalue weighted by Crippen LogP contribution is -2.44. The number of hydrogen-bond donors (Lipinski definition) is 3. The minimum atomic E-state index is -4.41. The van der Waals surface area contributed by atoms with Crippen molar-refractivity contribution < 1.29 is 31.5 Å². The zero-order valence-corrected chi connectivity index (χ0v) is 28.0. The van der Waals surface area contributed by atoms with Crippen LogP contribution < -0.4 is 15.6 Å². The summed E-state index contributed by atoms with van der Waals surface area (Å²) in [5, 5.41) is 1.89. The highest BCUT2D eigenvalue weighted by Gasteiger charge is 2.28. The quantitative estimate of drug-likeness (QED) is 0.167. The molecule has 0 radical (unpaired) electrons. The van der Waals surface area contributed by atoms with E-state index in [0.29, 0.717) is 45.9 Å². The number of carbonyl (C=O) groups is 2. The fraction of sp³-hybridized carbons (Fsp3) is 0.182. The Hall–Kier alpha value is -6.30. The van der Waals surface area contributed by atoms with E-state index in [1.807, 2.05) is 4.72 Å². The smallest absolute Gasteiger partial charge is 0.329 e. The SMILES string of the molecule is CC(C)OC(=O)[C@H](Cc1ccc(-n2c(=O)c3[nH]cnc3n2C)cc1)NC(=O)c1c(F)cc(NS(=O)(=O)c2ccc(-c3ncccn3)cn2)cc1F. The van der Waals surface area contributed by atoms with Crippen molar-refractivity contribution in [3.05, 3.63) is 113 Å².